The van der Waals surface area contributed by atoms with Gasteiger partial charge in [-0.15, -0.1) is 0 Å². The van der Waals surface area contributed by atoms with Gasteiger partial charge in [0.2, 0.25) is 5.76 Å². The molecule has 0 aromatic heterocycles. The maximum atomic E-state index is 10.5. The third-order valence-electron chi connectivity index (χ3n) is 1.48. The van der Waals surface area contributed by atoms with Crippen LogP contribution in [0.3, 0.4) is 0 Å². The number of carbonyl (C=O) groups excluding carboxylic acids is 1. The fourth-order valence-electron chi connectivity index (χ4n) is 0.823. The smallest absolute Gasteiger partial charge is 0.377 e. The Labute approximate surface area is 109 Å². The molecule has 6 N–H and O–H groups in total. The first-order valence-corrected chi connectivity index (χ1v) is 3.20. The van der Waals surface area contributed by atoms with Crippen molar-refractivity contribution < 1.29 is 35.4 Å². The Morgan fingerprint density at radius 3 is 2.21 bits per heavy atom. The minimum Gasteiger partial charge on any atom is -0.505 e. The second-order valence-electron chi connectivity index (χ2n) is 2.31. The van der Waals surface area contributed by atoms with Gasteiger partial charge in [0.25, 0.3) is 0 Å². The Bertz CT molecular complexity index is 238. The van der Waals surface area contributed by atoms with Crippen LogP contribution in [0.15, 0.2) is 11.5 Å². The summed E-state index contributed by atoms with van der Waals surface area (Å²) in [6, 6.07) is 0. The standard InChI is InChI=1S/C6H8O6.Ca.H2O/c7-1-2(8)5-3(9)4(10)6(11)12-5;;/h2,5,7-10H,1H2;;1H2/t2-,5+;;/m0../s1. The van der Waals surface area contributed by atoms with Gasteiger partial charge in [-0.3, -0.25) is 0 Å². The fraction of sp³-hybridized carbons (Fsp3) is 0.500. The molecule has 2 radical (unpaired) electrons. The predicted octanol–water partition coefficient (Wildman–Crippen LogP) is -2.61. The summed E-state index contributed by atoms with van der Waals surface area (Å²) in [7, 11) is 0. The first kappa shape index (κ1) is 16.4. The van der Waals surface area contributed by atoms with E-state index < -0.39 is 36.3 Å². The zero-order valence-corrected chi connectivity index (χ0v) is 9.38. The first-order valence-electron chi connectivity index (χ1n) is 3.20. The van der Waals surface area contributed by atoms with Gasteiger partial charge in [0.15, 0.2) is 11.9 Å². The van der Waals surface area contributed by atoms with Crippen molar-refractivity contribution in [1.82, 2.24) is 0 Å². The Hall–Kier alpha value is -0.0503. The molecule has 0 aliphatic carbocycles. The molecule has 0 amide bonds. The Kier molecular flexibility index (Phi) is 7.53. The van der Waals surface area contributed by atoms with Crippen LogP contribution in [-0.4, -0.2) is 88.4 Å². The van der Waals surface area contributed by atoms with Gasteiger partial charge >= 0.3 is 5.97 Å². The maximum Gasteiger partial charge on any atom is 0.377 e. The fourth-order valence-corrected chi connectivity index (χ4v) is 0.823. The van der Waals surface area contributed by atoms with E-state index in [4.69, 9.17) is 20.4 Å². The van der Waals surface area contributed by atoms with Gasteiger partial charge in [0.05, 0.1) is 6.61 Å². The molecular weight excluding hydrogens is 224 g/mol. The van der Waals surface area contributed by atoms with Crippen molar-refractivity contribution in [1.29, 1.82) is 0 Å². The summed E-state index contributed by atoms with van der Waals surface area (Å²) in [4.78, 5) is 10.5. The minimum absolute atomic E-state index is 0. The molecule has 7 nitrogen and oxygen atoms in total. The third kappa shape index (κ3) is 2.97. The van der Waals surface area contributed by atoms with Gasteiger partial charge in [0, 0.05) is 37.7 Å². The summed E-state index contributed by atoms with van der Waals surface area (Å²) in [6.45, 7) is -0.671. The quantitative estimate of drug-likeness (QED) is 0.305. The van der Waals surface area contributed by atoms with Crippen LogP contribution in [0.1, 0.15) is 0 Å². The topological polar surface area (TPSA) is 139 Å². The van der Waals surface area contributed by atoms with E-state index in [0.717, 1.165) is 0 Å². The zero-order chi connectivity index (χ0) is 9.30. The molecule has 0 saturated heterocycles. The number of carbonyl (C=O) groups is 1. The van der Waals surface area contributed by atoms with Crippen LogP contribution >= 0.6 is 0 Å². The van der Waals surface area contributed by atoms with Crippen molar-refractivity contribution >= 4 is 43.7 Å². The molecule has 1 aliphatic heterocycles. The number of cyclic esters (lactones) is 1. The van der Waals surface area contributed by atoms with Crippen LogP contribution < -0.4 is 0 Å². The molecule has 2 atom stereocenters. The van der Waals surface area contributed by atoms with E-state index in [9.17, 15) is 4.79 Å². The average Bonchev–Trinajstić information content (AvgIpc) is 2.32. The molecule has 0 spiro atoms. The Balaban J connectivity index is 0. The number of aliphatic hydroxyl groups is 4. The normalized spacial score (nSPS) is 22.1. The van der Waals surface area contributed by atoms with Gasteiger partial charge in [-0.05, 0) is 0 Å². The summed E-state index contributed by atoms with van der Waals surface area (Å²) in [5, 5.41) is 35.0. The molecule has 1 heterocycles. The van der Waals surface area contributed by atoms with Crippen molar-refractivity contribution in [3.63, 3.8) is 0 Å². The molecule has 78 valence electrons. The summed E-state index contributed by atoms with van der Waals surface area (Å²) >= 11 is 0. The summed E-state index contributed by atoms with van der Waals surface area (Å²) in [5.41, 5.74) is 0. The van der Waals surface area contributed by atoms with Gasteiger partial charge in [-0.1, -0.05) is 0 Å². The second kappa shape index (κ2) is 6.44. The van der Waals surface area contributed by atoms with Crippen molar-refractivity contribution in [2.45, 2.75) is 12.2 Å². The number of rotatable bonds is 2. The Morgan fingerprint density at radius 2 is 1.93 bits per heavy atom. The average molecular weight is 234 g/mol. The van der Waals surface area contributed by atoms with Crippen molar-refractivity contribution in [3.8, 4) is 0 Å². The van der Waals surface area contributed by atoms with Crippen LogP contribution in [-0.2, 0) is 9.53 Å². The molecular formula is C6H10CaO7. The molecule has 14 heavy (non-hydrogen) atoms. The Morgan fingerprint density at radius 1 is 1.43 bits per heavy atom. The predicted molar refractivity (Wildman–Crippen MR) is 44.6 cm³/mol. The minimum atomic E-state index is -1.42. The van der Waals surface area contributed by atoms with E-state index >= 15 is 0 Å². The largest absolute Gasteiger partial charge is 0.505 e. The number of ether oxygens (including phenoxy) is 1. The van der Waals surface area contributed by atoms with Crippen LogP contribution in [0.25, 0.3) is 0 Å². The van der Waals surface area contributed by atoms with E-state index in [1.54, 1.807) is 0 Å². The number of esters is 1. The second-order valence-corrected chi connectivity index (χ2v) is 2.31. The van der Waals surface area contributed by atoms with Crippen molar-refractivity contribution in [3.05, 3.63) is 11.5 Å². The number of hydrogen-bond acceptors (Lipinski definition) is 6. The molecule has 0 saturated carbocycles. The first-order chi connectivity index (χ1) is 5.57. The summed E-state index contributed by atoms with van der Waals surface area (Å²) in [6.07, 6.45) is -2.78. The maximum absolute atomic E-state index is 10.5. The molecule has 0 fully saturated rings. The number of aliphatic hydroxyl groups excluding tert-OH is 4. The van der Waals surface area contributed by atoms with Crippen LogP contribution in [0, 0.1) is 0 Å². The van der Waals surface area contributed by atoms with E-state index in [2.05, 4.69) is 4.74 Å². The molecule has 0 aromatic carbocycles. The molecule has 1 aliphatic rings. The van der Waals surface area contributed by atoms with E-state index in [1.165, 1.54) is 0 Å². The number of hydrogen-bond donors (Lipinski definition) is 4. The summed E-state index contributed by atoms with van der Waals surface area (Å²) in [5.74, 6) is -2.78. The van der Waals surface area contributed by atoms with Crippen LogP contribution in [0.5, 0.6) is 0 Å². The van der Waals surface area contributed by atoms with Gasteiger partial charge in [-0.2, -0.15) is 0 Å². The van der Waals surface area contributed by atoms with E-state index in [-0.39, 0.29) is 43.2 Å². The van der Waals surface area contributed by atoms with Gasteiger partial charge < -0.3 is 30.6 Å². The van der Waals surface area contributed by atoms with E-state index in [0.29, 0.717) is 0 Å². The molecule has 8 heteroatoms. The van der Waals surface area contributed by atoms with Crippen LogP contribution in [0.2, 0.25) is 0 Å². The van der Waals surface area contributed by atoms with E-state index in [1.807, 2.05) is 0 Å². The monoisotopic (exact) mass is 234 g/mol. The third-order valence-corrected chi connectivity index (χ3v) is 1.48. The zero-order valence-electron chi connectivity index (χ0n) is 7.17. The molecule has 1 rings (SSSR count). The molecule has 0 unspecified atom stereocenters. The SMILES string of the molecule is O.O=C1O[C@H]([C@@H](O)CO)C(O)=C1O.[Ca]. The summed E-state index contributed by atoms with van der Waals surface area (Å²) < 4.78 is 4.32. The van der Waals surface area contributed by atoms with Crippen LogP contribution in [0.4, 0.5) is 0 Å². The van der Waals surface area contributed by atoms with Gasteiger partial charge in [-0.25, -0.2) is 4.79 Å². The van der Waals surface area contributed by atoms with Crippen molar-refractivity contribution in [2.24, 2.45) is 0 Å². The molecule has 0 bridgehead atoms. The van der Waals surface area contributed by atoms with Gasteiger partial charge in [0.1, 0.15) is 6.10 Å². The molecule has 0 aromatic rings. The van der Waals surface area contributed by atoms with Crippen molar-refractivity contribution in [2.75, 3.05) is 6.61 Å².